The average Bonchev–Trinajstić information content (AvgIpc) is 3.26. The molecule has 0 saturated heterocycles. The lowest BCUT2D eigenvalue weighted by molar-refractivity contribution is 0.328. The second kappa shape index (κ2) is 7.26. The standard InChI is InChI=1S/C19H31N/c1-4-9-16(3)15-18(20-14-5-2)19(12-13-19)17-10-7-6-8-11-17/h6-8,10-11,16,18,20H,4-5,9,12-15H2,1-3H3. The fourth-order valence-electron chi connectivity index (χ4n) is 3.58. The van der Waals surface area contributed by atoms with E-state index in [2.05, 4.69) is 56.4 Å². The smallest absolute Gasteiger partial charge is 0.0166 e. The van der Waals surface area contributed by atoms with Crippen molar-refractivity contribution in [3.63, 3.8) is 0 Å². The highest BCUT2D eigenvalue weighted by molar-refractivity contribution is 5.33. The van der Waals surface area contributed by atoms with Gasteiger partial charge in [-0.3, -0.25) is 0 Å². The zero-order valence-corrected chi connectivity index (χ0v) is 13.5. The molecule has 1 N–H and O–H groups in total. The van der Waals surface area contributed by atoms with E-state index in [0.717, 1.165) is 12.5 Å². The van der Waals surface area contributed by atoms with Gasteiger partial charge < -0.3 is 5.32 Å². The summed E-state index contributed by atoms with van der Waals surface area (Å²) in [6, 6.07) is 11.8. The van der Waals surface area contributed by atoms with Crippen LogP contribution in [0.4, 0.5) is 0 Å². The minimum atomic E-state index is 0.429. The van der Waals surface area contributed by atoms with Gasteiger partial charge in [0.15, 0.2) is 0 Å². The first kappa shape index (κ1) is 15.6. The van der Waals surface area contributed by atoms with E-state index >= 15 is 0 Å². The van der Waals surface area contributed by atoms with Crippen LogP contribution in [0.15, 0.2) is 30.3 Å². The summed E-state index contributed by atoms with van der Waals surface area (Å²) in [5.74, 6) is 0.829. The molecule has 1 heteroatoms. The van der Waals surface area contributed by atoms with E-state index < -0.39 is 0 Å². The minimum absolute atomic E-state index is 0.429. The number of rotatable bonds is 9. The Bertz CT molecular complexity index is 380. The number of hydrogen-bond donors (Lipinski definition) is 1. The third-order valence-corrected chi connectivity index (χ3v) is 4.86. The van der Waals surface area contributed by atoms with Gasteiger partial charge in [0.1, 0.15) is 0 Å². The molecule has 20 heavy (non-hydrogen) atoms. The first-order valence-corrected chi connectivity index (χ1v) is 8.52. The molecule has 0 spiro atoms. The molecule has 112 valence electrons. The second-order valence-electron chi connectivity index (χ2n) is 6.66. The highest BCUT2D eigenvalue weighted by Crippen LogP contribution is 2.52. The van der Waals surface area contributed by atoms with Crippen LogP contribution >= 0.6 is 0 Å². The molecular formula is C19H31N. The predicted molar refractivity (Wildman–Crippen MR) is 88.1 cm³/mol. The maximum absolute atomic E-state index is 3.86. The molecule has 0 radical (unpaired) electrons. The van der Waals surface area contributed by atoms with Crippen LogP contribution in [0.1, 0.15) is 64.9 Å². The molecule has 2 rings (SSSR count). The third kappa shape index (κ3) is 3.63. The van der Waals surface area contributed by atoms with Gasteiger partial charge in [-0.25, -0.2) is 0 Å². The first-order chi connectivity index (χ1) is 9.73. The molecule has 1 aromatic carbocycles. The van der Waals surface area contributed by atoms with Crippen molar-refractivity contribution in [1.82, 2.24) is 5.32 Å². The topological polar surface area (TPSA) is 12.0 Å². The lowest BCUT2D eigenvalue weighted by Crippen LogP contribution is -2.41. The van der Waals surface area contributed by atoms with Crippen LogP contribution in [-0.4, -0.2) is 12.6 Å². The molecule has 1 saturated carbocycles. The van der Waals surface area contributed by atoms with E-state index in [-0.39, 0.29) is 0 Å². The fourth-order valence-corrected chi connectivity index (χ4v) is 3.58. The SMILES string of the molecule is CCCNC(CC(C)CCC)C1(c2ccccc2)CC1. The van der Waals surface area contributed by atoms with E-state index in [0.29, 0.717) is 11.5 Å². The quantitative estimate of drug-likeness (QED) is 0.674. The van der Waals surface area contributed by atoms with Crippen molar-refractivity contribution in [2.24, 2.45) is 5.92 Å². The van der Waals surface area contributed by atoms with Crippen molar-refractivity contribution in [3.05, 3.63) is 35.9 Å². The molecule has 1 fully saturated rings. The number of nitrogens with one attached hydrogen (secondary N) is 1. The summed E-state index contributed by atoms with van der Waals surface area (Å²) in [5, 5.41) is 3.86. The molecule has 0 bridgehead atoms. The lowest BCUT2D eigenvalue weighted by atomic mass is 9.82. The van der Waals surface area contributed by atoms with E-state index in [1.807, 2.05) is 0 Å². The molecule has 1 aromatic rings. The summed E-state index contributed by atoms with van der Waals surface area (Å²) in [6.07, 6.45) is 7.93. The van der Waals surface area contributed by atoms with Gasteiger partial charge in [-0.15, -0.1) is 0 Å². The summed E-state index contributed by atoms with van der Waals surface area (Å²) >= 11 is 0. The van der Waals surface area contributed by atoms with Crippen LogP contribution in [0.3, 0.4) is 0 Å². The van der Waals surface area contributed by atoms with Crippen molar-refractivity contribution in [2.75, 3.05) is 6.54 Å². The highest BCUT2D eigenvalue weighted by atomic mass is 14.9. The fraction of sp³-hybridized carbons (Fsp3) is 0.684. The van der Waals surface area contributed by atoms with E-state index in [4.69, 9.17) is 0 Å². The highest BCUT2D eigenvalue weighted by Gasteiger charge is 2.50. The Morgan fingerprint density at radius 2 is 1.80 bits per heavy atom. The van der Waals surface area contributed by atoms with Crippen molar-refractivity contribution in [1.29, 1.82) is 0 Å². The van der Waals surface area contributed by atoms with Crippen molar-refractivity contribution < 1.29 is 0 Å². The van der Waals surface area contributed by atoms with Gasteiger partial charge in [-0.1, -0.05) is 63.9 Å². The normalized spacial score (nSPS) is 19.6. The predicted octanol–water partition coefficient (Wildman–Crippen LogP) is 4.91. The molecule has 1 aliphatic rings. The summed E-state index contributed by atoms with van der Waals surface area (Å²) in [7, 11) is 0. The van der Waals surface area contributed by atoms with Crippen molar-refractivity contribution in [2.45, 2.75) is 70.8 Å². The Labute approximate surface area is 125 Å². The monoisotopic (exact) mass is 273 g/mol. The maximum atomic E-state index is 3.86. The molecule has 0 aliphatic heterocycles. The van der Waals surface area contributed by atoms with Crippen LogP contribution in [0.5, 0.6) is 0 Å². The molecule has 0 aromatic heterocycles. The summed E-state index contributed by atoms with van der Waals surface area (Å²) in [6.45, 7) is 8.14. The van der Waals surface area contributed by atoms with E-state index in [1.165, 1.54) is 38.5 Å². The van der Waals surface area contributed by atoms with E-state index in [9.17, 15) is 0 Å². The Morgan fingerprint density at radius 1 is 1.10 bits per heavy atom. The Balaban J connectivity index is 2.09. The van der Waals surface area contributed by atoms with Gasteiger partial charge in [0, 0.05) is 11.5 Å². The first-order valence-electron chi connectivity index (χ1n) is 8.52. The zero-order chi connectivity index (χ0) is 14.4. The van der Waals surface area contributed by atoms with Crippen LogP contribution in [0, 0.1) is 5.92 Å². The van der Waals surface area contributed by atoms with Crippen molar-refractivity contribution >= 4 is 0 Å². The Kier molecular flexibility index (Phi) is 5.65. The van der Waals surface area contributed by atoms with Gasteiger partial charge in [-0.05, 0) is 43.7 Å². The van der Waals surface area contributed by atoms with Crippen LogP contribution in [-0.2, 0) is 5.41 Å². The number of hydrogen-bond acceptors (Lipinski definition) is 1. The molecular weight excluding hydrogens is 242 g/mol. The maximum Gasteiger partial charge on any atom is 0.0166 e. The minimum Gasteiger partial charge on any atom is -0.313 e. The van der Waals surface area contributed by atoms with Gasteiger partial charge in [0.05, 0.1) is 0 Å². The van der Waals surface area contributed by atoms with Gasteiger partial charge in [0.2, 0.25) is 0 Å². The molecule has 2 atom stereocenters. The molecule has 2 unspecified atom stereocenters. The largest absolute Gasteiger partial charge is 0.313 e. The second-order valence-corrected chi connectivity index (χ2v) is 6.66. The number of benzene rings is 1. The summed E-state index contributed by atoms with van der Waals surface area (Å²) in [5.41, 5.74) is 1.98. The molecule has 1 nitrogen and oxygen atoms in total. The van der Waals surface area contributed by atoms with Crippen LogP contribution < -0.4 is 5.32 Å². The summed E-state index contributed by atoms with van der Waals surface area (Å²) < 4.78 is 0. The Hall–Kier alpha value is -0.820. The average molecular weight is 273 g/mol. The van der Waals surface area contributed by atoms with Crippen LogP contribution in [0.25, 0.3) is 0 Å². The third-order valence-electron chi connectivity index (χ3n) is 4.86. The molecule has 1 aliphatic carbocycles. The molecule has 0 heterocycles. The zero-order valence-electron chi connectivity index (χ0n) is 13.5. The van der Waals surface area contributed by atoms with E-state index in [1.54, 1.807) is 5.56 Å². The Morgan fingerprint density at radius 3 is 2.35 bits per heavy atom. The van der Waals surface area contributed by atoms with Gasteiger partial charge in [0.25, 0.3) is 0 Å². The summed E-state index contributed by atoms with van der Waals surface area (Å²) in [4.78, 5) is 0. The molecule has 0 amide bonds. The van der Waals surface area contributed by atoms with Crippen LogP contribution in [0.2, 0.25) is 0 Å². The van der Waals surface area contributed by atoms with Gasteiger partial charge >= 0.3 is 0 Å². The lowest BCUT2D eigenvalue weighted by Gasteiger charge is -2.31. The van der Waals surface area contributed by atoms with Crippen molar-refractivity contribution in [3.8, 4) is 0 Å². The van der Waals surface area contributed by atoms with Gasteiger partial charge in [-0.2, -0.15) is 0 Å².